The summed E-state index contributed by atoms with van der Waals surface area (Å²) >= 11 is 3.33. The van der Waals surface area contributed by atoms with Crippen molar-refractivity contribution in [2.75, 3.05) is 17.6 Å². The number of hydrogen-bond acceptors (Lipinski definition) is 5. The highest BCUT2D eigenvalue weighted by Crippen LogP contribution is 2.19. The number of halogens is 1. The van der Waals surface area contributed by atoms with Gasteiger partial charge in [-0.25, -0.2) is 9.97 Å². The lowest BCUT2D eigenvalue weighted by atomic mass is 10.1. The highest BCUT2D eigenvalue weighted by atomic mass is 79.9. The molecule has 1 aromatic carbocycles. The van der Waals surface area contributed by atoms with Gasteiger partial charge in [0.25, 0.3) is 0 Å². The van der Waals surface area contributed by atoms with E-state index in [-0.39, 0.29) is 0 Å². The van der Waals surface area contributed by atoms with Crippen LogP contribution in [0.15, 0.2) is 41.3 Å². The van der Waals surface area contributed by atoms with Crippen LogP contribution >= 0.6 is 15.9 Å². The Morgan fingerprint density at radius 3 is 2.72 bits per heavy atom. The maximum absolute atomic E-state index is 10.0. The van der Waals surface area contributed by atoms with Crippen LogP contribution in [0.25, 0.3) is 0 Å². The Bertz CT molecular complexity index is 518. The quantitative estimate of drug-likeness (QED) is 0.752. The Morgan fingerprint density at radius 1 is 1.33 bits per heavy atom. The van der Waals surface area contributed by atoms with Gasteiger partial charge in [0.2, 0.25) is 0 Å². The number of benzene rings is 1. The maximum Gasteiger partial charge on any atom is 0.143 e. The predicted octanol–water partition coefficient (Wildman–Crippen LogP) is 1.97. The van der Waals surface area contributed by atoms with Crippen LogP contribution in [0.5, 0.6) is 0 Å². The molecule has 4 N–H and O–H groups in total. The maximum atomic E-state index is 10.0. The normalized spacial score (nSPS) is 12.1. The number of nitrogens with one attached hydrogen (secondary N) is 1. The largest absolute Gasteiger partial charge is 0.399 e. The summed E-state index contributed by atoms with van der Waals surface area (Å²) in [6, 6.07) is 7.13. The van der Waals surface area contributed by atoms with Crippen LogP contribution in [0.2, 0.25) is 0 Å². The first-order chi connectivity index (χ1) is 8.66. The fourth-order valence-electron chi connectivity index (χ4n) is 1.47. The molecule has 0 amide bonds. The van der Waals surface area contributed by atoms with Crippen LogP contribution in [0.3, 0.4) is 0 Å². The third-order valence-electron chi connectivity index (χ3n) is 2.45. The van der Waals surface area contributed by atoms with Crippen molar-refractivity contribution in [2.24, 2.45) is 0 Å². The highest BCUT2D eigenvalue weighted by molar-refractivity contribution is 9.10. The molecule has 0 fully saturated rings. The molecule has 0 saturated heterocycles. The van der Waals surface area contributed by atoms with Crippen LogP contribution in [0.4, 0.5) is 11.5 Å². The molecular formula is C12H13BrN4O. The second-order valence-corrected chi connectivity index (χ2v) is 4.64. The van der Waals surface area contributed by atoms with Crippen molar-refractivity contribution in [1.82, 2.24) is 9.97 Å². The number of aromatic nitrogens is 2. The third-order valence-corrected chi connectivity index (χ3v) is 3.03. The molecule has 0 bridgehead atoms. The van der Waals surface area contributed by atoms with Crippen LogP contribution in [-0.2, 0) is 0 Å². The van der Waals surface area contributed by atoms with Crippen molar-refractivity contribution in [3.63, 3.8) is 0 Å². The molecular weight excluding hydrogens is 296 g/mol. The SMILES string of the molecule is Nc1ccc(C(O)CNc2ncncc2Br)cc1. The predicted molar refractivity (Wildman–Crippen MR) is 74.0 cm³/mol. The van der Waals surface area contributed by atoms with E-state index in [2.05, 4.69) is 31.2 Å². The second-order valence-electron chi connectivity index (χ2n) is 3.78. The molecule has 0 radical (unpaired) electrons. The monoisotopic (exact) mass is 308 g/mol. The van der Waals surface area contributed by atoms with Gasteiger partial charge < -0.3 is 16.2 Å². The van der Waals surface area contributed by atoms with Crippen molar-refractivity contribution >= 4 is 27.4 Å². The number of hydrogen-bond donors (Lipinski definition) is 3. The van der Waals surface area contributed by atoms with Crippen LogP contribution in [-0.4, -0.2) is 21.6 Å². The van der Waals surface area contributed by atoms with Gasteiger partial charge in [-0.3, -0.25) is 0 Å². The number of rotatable bonds is 4. The number of aliphatic hydroxyl groups is 1. The summed E-state index contributed by atoms with van der Waals surface area (Å²) in [6.45, 7) is 0.361. The molecule has 5 nitrogen and oxygen atoms in total. The molecule has 1 aromatic heterocycles. The number of anilines is 2. The summed E-state index contributed by atoms with van der Waals surface area (Å²) < 4.78 is 0.759. The van der Waals surface area contributed by atoms with E-state index in [1.807, 2.05) is 0 Å². The van der Waals surface area contributed by atoms with Gasteiger partial charge >= 0.3 is 0 Å². The minimum absolute atomic E-state index is 0.361. The topological polar surface area (TPSA) is 84.1 Å². The number of nitrogen functional groups attached to an aromatic ring is 1. The molecule has 1 atom stereocenters. The van der Waals surface area contributed by atoms with E-state index in [0.717, 1.165) is 10.0 Å². The fraction of sp³-hybridized carbons (Fsp3) is 0.167. The van der Waals surface area contributed by atoms with Crippen molar-refractivity contribution in [1.29, 1.82) is 0 Å². The molecule has 1 unspecified atom stereocenters. The van der Waals surface area contributed by atoms with Crippen LogP contribution in [0, 0.1) is 0 Å². The summed E-state index contributed by atoms with van der Waals surface area (Å²) in [6.07, 6.45) is 2.47. The average Bonchev–Trinajstić information content (AvgIpc) is 2.38. The van der Waals surface area contributed by atoms with Gasteiger partial charge in [-0.15, -0.1) is 0 Å². The lowest BCUT2D eigenvalue weighted by molar-refractivity contribution is 0.191. The number of aliphatic hydroxyl groups excluding tert-OH is 1. The lowest BCUT2D eigenvalue weighted by Crippen LogP contribution is -2.13. The lowest BCUT2D eigenvalue weighted by Gasteiger charge is -2.13. The van der Waals surface area contributed by atoms with Crippen molar-refractivity contribution in [3.8, 4) is 0 Å². The first-order valence-electron chi connectivity index (χ1n) is 5.39. The van der Waals surface area contributed by atoms with E-state index in [1.165, 1.54) is 6.33 Å². The molecule has 2 aromatic rings. The molecule has 6 heteroatoms. The molecule has 0 aliphatic rings. The summed E-state index contributed by atoms with van der Waals surface area (Å²) in [5.41, 5.74) is 7.08. The minimum Gasteiger partial charge on any atom is -0.399 e. The van der Waals surface area contributed by atoms with Gasteiger partial charge in [0.1, 0.15) is 12.1 Å². The summed E-state index contributed by atoms with van der Waals surface area (Å²) in [7, 11) is 0. The van der Waals surface area contributed by atoms with E-state index >= 15 is 0 Å². The first kappa shape index (κ1) is 12.8. The smallest absolute Gasteiger partial charge is 0.143 e. The molecule has 1 heterocycles. The van der Waals surface area contributed by atoms with Crippen LogP contribution < -0.4 is 11.1 Å². The summed E-state index contributed by atoms with van der Waals surface area (Å²) in [5, 5.41) is 13.0. The van der Waals surface area contributed by atoms with E-state index < -0.39 is 6.10 Å². The molecule has 94 valence electrons. The standard InChI is InChI=1S/C12H13BrN4O/c13-10-5-15-7-17-12(10)16-6-11(18)8-1-3-9(14)4-2-8/h1-5,7,11,18H,6,14H2,(H,15,16,17). The molecule has 18 heavy (non-hydrogen) atoms. The van der Waals surface area contributed by atoms with Crippen molar-refractivity contribution < 1.29 is 5.11 Å². The van der Waals surface area contributed by atoms with Crippen LogP contribution in [0.1, 0.15) is 11.7 Å². The average molecular weight is 309 g/mol. The zero-order valence-electron chi connectivity index (χ0n) is 9.55. The molecule has 0 aliphatic carbocycles. The molecule has 0 saturated carbocycles. The summed E-state index contributed by atoms with van der Waals surface area (Å²) in [4.78, 5) is 7.92. The van der Waals surface area contributed by atoms with E-state index in [4.69, 9.17) is 5.73 Å². The molecule has 0 spiro atoms. The van der Waals surface area contributed by atoms with E-state index in [0.29, 0.717) is 18.1 Å². The Kier molecular flexibility index (Phi) is 4.11. The third kappa shape index (κ3) is 3.18. The van der Waals surface area contributed by atoms with E-state index in [1.54, 1.807) is 30.5 Å². The van der Waals surface area contributed by atoms with E-state index in [9.17, 15) is 5.11 Å². The Labute approximate surface area is 113 Å². The van der Waals surface area contributed by atoms with Gasteiger partial charge in [-0.2, -0.15) is 0 Å². The Morgan fingerprint density at radius 2 is 2.06 bits per heavy atom. The van der Waals surface area contributed by atoms with Gasteiger partial charge in [0.15, 0.2) is 0 Å². The molecule has 2 rings (SSSR count). The zero-order valence-corrected chi connectivity index (χ0v) is 11.1. The van der Waals surface area contributed by atoms with Gasteiger partial charge in [0, 0.05) is 18.4 Å². The Balaban J connectivity index is 1.98. The number of nitrogens with two attached hydrogens (primary N) is 1. The fourth-order valence-corrected chi connectivity index (χ4v) is 1.83. The van der Waals surface area contributed by atoms with Gasteiger partial charge in [-0.1, -0.05) is 12.1 Å². The van der Waals surface area contributed by atoms with Crippen molar-refractivity contribution in [2.45, 2.75) is 6.10 Å². The Hall–Kier alpha value is -1.66. The number of nitrogens with zero attached hydrogens (tertiary/aromatic N) is 2. The second kappa shape index (κ2) is 5.79. The van der Waals surface area contributed by atoms with Gasteiger partial charge in [0.05, 0.1) is 10.6 Å². The van der Waals surface area contributed by atoms with Gasteiger partial charge in [-0.05, 0) is 33.6 Å². The highest BCUT2D eigenvalue weighted by Gasteiger charge is 2.08. The first-order valence-corrected chi connectivity index (χ1v) is 6.19. The zero-order chi connectivity index (χ0) is 13.0. The van der Waals surface area contributed by atoms with Crippen molar-refractivity contribution in [3.05, 3.63) is 46.8 Å². The minimum atomic E-state index is -0.618. The summed E-state index contributed by atoms with van der Waals surface area (Å²) in [5.74, 6) is 0.652. The molecule has 0 aliphatic heterocycles.